The Morgan fingerprint density at radius 3 is 2.81 bits per heavy atom. The third-order valence-corrected chi connectivity index (χ3v) is 5.32. The number of anilines is 1. The molecule has 1 N–H and O–H groups in total. The van der Waals surface area contributed by atoms with Crippen LogP contribution in [-0.2, 0) is 11.3 Å². The lowest BCUT2D eigenvalue weighted by Crippen LogP contribution is -2.14. The van der Waals surface area contributed by atoms with Crippen molar-refractivity contribution in [2.75, 3.05) is 11.1 Å². The topological polar surface area (TPSA) is 59.8 Å². The first-order chi connectivity index (χ1) is 13.1. The molecule has 1 amide bonds. The minimum absolute atomic E-state index is 0.0938. The van der Waals surface area contributed by atoms with Gasteiger partial charge in [-0.05, 0) is 30.7 Å². The molecular formula is C20H19BrN4OS. The lowest BCUT2D eigenvalue weighted by atomic mass is 10.1. The first-order valence-electron chi connectivity index (χ1n) is 8.37. The maximum atomic E-state index is 12.3. The molecule has 0 atom stereocenters. The zero-order valence-electron chi connectivity index (χ0n) is 14.9. The fraction of sp³-hybridized carbons (Fsp3) is 0.150. The van der Waals surface area contributed by atoms with Gasteiger partial charge in [0.15, 0.2) is 11.0 Å². The summed E-state index contributed by atoms with van der Waals surface area (Å²) in [5.41, 5.74) is 2.90. The van der Waals surface area contributed by atoms with Crippen LogP contribution in [0.25, 0.3) is 11.4 Å². The van der Waals surface area contributed by atoms with Crippen molar-refractivity contribution in [3.8, 4) is 11.4 Å². The number of carbonyl (C=O) groups excluding carboxylic acids is 1. The van der Waals surface area contributed by atoms with E-state index in [2.05, 4.69) is 38.0 Å². The zero-order chi connectivity index (χ0) is 19.2. The van der Waals surface area contributed by atoms with Gasteiger partial charge in [-0.1, -0.05) is 64.1 Å². The number of nitrogens with zero attached hydrogens (tertiary/aromatic N) is 3. The summed E-state index contributed by atoms with van der Waals surface area (Å²) in [5, 5.41) is 12.2. The molecule has 0 aliphatic heterocycles. The SMILES string of the molecule is C=CCn1c(SCC(=O)Nc2cccc(Br)c2)nnc1-c1ccccc1C. The number of nitrogens with one attached hydrogen (secondary N) is 1. The summed E-state index contributed by atoms with van der Waals surface area (Å²) >= 11 is 4.76. The Morgan fingerprint density at radius 1 is 1.26 bits per heavy atom. The molecule has 0 spiro atoms. The van der Waals surface area contributed by atoms with Crippen molar-refractivity contribution < 1.29 is 4.79 Å². The van der Waals surface area contributed by atoms with E-state index in [-0.39, 0.29) is 11.7 Å². The Bertz CT molecular complexity index is 970. The lowest BCUT2D eigenvalue weighted by Gasteiger charge is -2.09. The highest BCUT2D eigenvalue weighted by molar-refractivity contribution is 9.10. The molecule has 7 heteroatoms. The predicted octanol–water partition coefficient (Wildman–Crippen LogP) is 4.93. The molecule has 3 rings (SSSR count). The number of hydrogen-bond acceptors (Lipinski definition) is 4. The second-order valence-corrected chi connectivity index (χ2v) is 7.73. The average molecular weight is 443 g/mol. The van der Waals surface area contributed by atoms with Crippen molar-refractivity contribution in [2.24, 2.45) is 0 Å². The van der Waals surface area contributed by atoms with Crippen molar-refractivity contribution in [2.45, 2.75) is 18.6 Å². The molecule has 27 heavy (non-hydrogen) atoms. The number of benzene rings is 2. The molecule has 0 radical (unpaired) electrons. The van der Waals surface area contributed by atoms with E-state index in [1.165, 1.54) is 11.8 Å². The third kappa shape index (κ3) is 4.87. The van der Waals surface area contributed by atoms with Crippen LogP contribution in [0.15, 0.2) is 70.8 Å². The van der Waals surface area contributed by atoms with Crippen LogP contribution in [0.1, 0.15) is 5.56 Å². The van der Waals surface area contributed by atoms with Gasteiger partial charge in [-0.25, -0.2) is 0 Å². The van der Waals surface area contributed by atoms with Crippen LogP contribution in [-0.4, -0.2) is 26.4 Å². The summed E-state index contributed by atoms with van der Waals surface area (Å²) in [6.45, 7) is 6.44. The molecule has 2 aromatic carbocycles. The van der Waals surface area contributed by atoms with Gasteiger partial charge in [0.25, 0.3) is 0 Å². The number of thioether (sulfide) groups is 1. The predicted molar refractivity (Wildman–Crippen MR) is 114 cm³/mol. The van der Waals surface area contributed by atoms with E-state index >= 15 is 0 Å². The summed E-state index contributed by atoms with van der Waals surface area (Å²) in [6, 6.07) is 15.5. The summed E-state index contributed by atoms with van der Waals surface area (Å²) in [5.74, 6) is 0.932. The van der Waals surface area contributed by atoms with Crippen LogP contribution in [0.3, 0.4) is 0 Å². The highest BCUT2D eigenvalue weighted by atomic mass is 79.9. The molecule has 0 aliphatic carbocycles. The van der Waals surface area contributed by atoms with Crippen molar-refractivity contribution in [3.05, 3.63) is 71.2 Å². The van der Waals surface area contributed by atoms with E-state index in [4.69, 9.17) is 0 Å². The Morgan fingerprint density at radius 2 is 2.07 bits per heavy atom. The van der Waals surface area contributed by atoms with Crippen molar-refractivity contribution in [3.63, 3.8) is 0 Å². The van der Waals surface area contributed by atoms with Crippen LogP contribution in [0.2, 0.25) is 0 Å². The fourth-order valence-corrected chi connectivity index (χ4v) is 3.75. The van der Waals surface area contributed by atoms with Gasteiger partial charge < -0.3 is 5.32 Å². The largest absolute Gasteiger partial charge is 0.325 e. The number of carbonyl (C=O) groups is 1. The van der Waals surface area contributed by atoms with E-state index in [1.54, 1.807) is 6.08 Å². The molecule has 0 saturated heterocycles. The number of rotatable bonds is 7. The first kappa shape index (κ1) is 19.4. The van der Waals surface area contributed by atoms with Crippen LogP contribution < -0.4 is 5.32 Å². The highest BCUT2D eigenvalue weighted by Crippen LogP contribution is 2.26. The minimum Gasteiger partial charge on any atom is -0.325 e. The van der Waals surface area contributed by atoms with Crippen LogP contribution >= 0.6 is 27.7 Å². The zero-order valence-corrected chi connectivity index (χ0v) is 17.3. The van der Waals surface area contributed by atoms with Gasteiger partial charge in [-0.3, -0.25) is 9.36 Å². The number of allylic oxidation sites excluding steroid dienone is 1. The van der Waals surface area contributed by atoms with Gasteiger partial charge in [0.2, 0.25) is 5.91 Å². The molecular weight excluding hydrogens is 424 g/mol. The third-order valence-electron chi connectivity index (χ3n) is 3.86. The van der Waals surface area contributed by atoms with E-state index < -0.39 is 0 Å². The van der Waals surface area contributed by atoms with Gasteiger partial charge in [-0.2, -0.15) is 0 Å². The second kappa shape index (κ2) is 9.01. The number of amides is 1. The molecule has 3 aromatic rings. The highest BCUT2D eigenvalue weighted by Gasteiger charge is 2.16. The Balaban J connectivity index is 1.74. The molecule has 5 nitrogen and oxygen atoms in total. The van der Waals surface area contributed by atoms with E-state index in [9.17, 15) is 4.79 Å². The van der Waals surface area contributed by atoms with E-state index in [1.807, 2.05) is 60.0 Å². The number of aryl methyl sites for hydroxylation is 1. The quantitative estimate of drug-likeness (QED) is 0.416. The Kier molecular flexibility index (Phi) is 6.47. The fourth-order valence-electron chi connectivity index (χ4n) is 2.61. The minimum atomic E-state index is -0.0938. The van der Waals surface area contributed by atoms with Crippen molar-refractivity contribution >= 4 is 39.3 Å². The van der Waals surface area contributed by atoms with Gasteiger partial charge >= 0.3 is 0 Å². The molecule has 1 heterocycles. The maximum absolute atomic E-state index is 12.3. The average Bonchev–Trinajstić information content (AvgIpc) is 3.03. The number of halogens is 1. The van der Waals surface area contributed by atoms with Gasteiger partial charge in [0.05, 0.1) is 5.75 Å². The van der Waals surface area contributed by atoms with Crippen molar-refractivity contribution in [1.82, 2.24) is 14.8 Å². The van der Waals surface area contributed by atoms with Gasteiger partial charge in [0, 0.05) is 22.3 Å². The smallest absolute Gasteiger partial charge is 0.234 e. The summed E-state index contributed by atoms with van der Waals surface area (Å²) < 4.78 is 2.90. The summed E-state index contributed by atoms with van der Waals surface area (Å²) in [7, 11) is 0. The summed E-state index contributed by atoms with van der Waals surface area (Å²) in [6.07, 6.45) is 1.80. The Hall–Kier alpha value is -2.38. The standard InChI is InChI=1S/C20H19BrN4OS/c1-3-11-25-19(17-10-5-4-7-14(17)2)23-24-20(25)27-13-18(26)22-16-9-6-8-15(21)12-16/h3-10,12H,1,11,13H2,2H3,(H,22,26). The number of hydrogen-bond donors (Lipinski definition) is 1. The summed E-state index contributed by atoms with van der Waals surface area (Å²) in [4.78, 5) is 12.3. The van der Waals surface area contributed by atoms with Crippen LogP contribution in [0, 0.1) is 6.92 Å². The molecule has 138 valence electrons. The number of aromatic nitrogens is 3. The van der Waals surface area contributed by atoms with E-state index in [0.29, 0.717) is 11.7 Å². The molecule has 0 unspecified atom stereocenters. The van der Waals surface area contributed by atoms with Crippen LogP contribution in [0.5, 0.6) is 0 Å². The normalized spacial score (nSPS) is 10.6. The first-order valence-corrected chi connectivity index (χ1v) is 10.1. The molecule has 0 aliphatic rings. The maximum Gasteiger partial charge on any atom is 0.234 e. The molecule has 0 bridgehead atoms. The molecule has 0 saturated carbocycles. The Labute approximate surface area is 171 Å². The molecule has 1 aromatic heterocycles. The van der Waals surface area contributed by atoms with Crippen LogP contribution in [0.4, 0.5) is 5.69 Å². The lowest BCUT2D eigenvalue weighted by molar-refractivity contribution is -0.113. The molecule has 0 fully saturated rings. The monoisotopic (exact) mass is 442 g/mol. The van der Waals surface area contributed by atoms with Crippen molar-refractivity contribution in [1.29, 1.82) is 0 Å². The van der Waals surface area contributed by atoms with E-state index in [0.717, 1.165) is 27.1 Å². The second-order valence-electron chi connectivity index (χ2n) is 5.87. The van der Waals surface area contributed by atoms with Gasteiger partial charge in [-0.15, -0.1) is 16.8 Å². The van der Waals surface area contributed by atoms with Gasteiger partial charge in [0.1, 0.15) is 0 Å².